The van der Waals surface area contributed by atoms with E-state index < -0.39 is 11.6 Å². The number of hydrogen-bond acceptors (Lipinski definition) is 6. The highest BCUT2D eigenvalue weighted by atomic mass is 35.5. The molecule has 0 saturated heterocycles. The van der Waals surface area contributed by atoms with Crippen LogP contribution in [0.5, 0.6) is 5.75 Å². The first-order valence-electron chi connectivity index (χ1n) is 9.62. The van der Waals surface area contributed by atoms with E-state index in [9.17, 15) is 9.59 Å². The molecule has 0 aliphatic rings. The number of carbonyl (C=O) groups is 2. The van der Waals surface area contributed by atoms with Crippen molar-refractivity contribution < 1.29 is 19.1 Å². The number of hydrogen-bond donors (Lipinski definition) is 1. The molecule has 2 aromatic rings. The molecule has 0 fully saturated rings. The first-order chi connectivity index (χ1) is 13.6. The third-order valence-electron chi connectivity index (χ3n) is 3.03. The smallest absolute Gasteiger partial charge is 0.344 e. The maximum atomic E-state index is 11.9. The van der Waals surface area contributed by atoms with Crippen LogP contribution in [0.15, 0.2) is 24.3 Å². The number of anilines is 1. The van der Waals surface area contributed by atoms with Gasteiger partial charge in [0.1, 0.15) is 15.5 Å². The largest absolute Gasteiger partial charge is 0.479 e. The molecule has 30 heavy (non-hydrogen) atoms. The van der Waals surface area contributed by atoms with Gasteiger partial charge in [0, 0.05) is 12.6 Å². The monoisotopic (exact) mass is 453 g/mol. The molecule has 0 aliphatic heterocycles. The molecule has 0 unspecified atom stereocenters. The summed E-state index contributed by atoms with van der Waals surface area (Å²) in [4.78, 5) is 24.8. The second-order valence-corrected chi connectivity index (χ2v) is 10.9. The van der Waals surface area contributed by atoms with Gasteiger partial charge in [0.25, 0.3) is 0 Å². The van der Waals surface area contributed by atoms with Crippen LogP contribution in [0.4, 0.5) is 5.69 Å². The molecule has 0 saturated carbocycles. The zero-order chi connectivity index (χ0) is 23.3. The normalized spacial score (nSPS) is 11.4. The van der Waals surface area contributed by atoms with Crippen molar-refractivity contribution in [3.63, 3.8) is 0 Å². The minimum atomic E-state index is -0.616. The van der Waals surface area contributed by atoms with E-state index in [0.29, 0.717) is 20.9 Å². The first-order valence-corrected chi connectivity index (χ1v) is 10.8. The van der Waals surface area contributed by atoms with Crippen LogP contribution in [0, 0.1) is 5.41 Å². The van der Waals surface area contributed by atoms with Gasteiger partial charge in [-0.3, -0.25) is 4.79 Å². The number of nitrogen functional groups attached to an aromatic ring is 1. The van der Waals surface area contributed by atoms with Gasteiger partial charge < -0.3 is 15.2 Å². The fourth-order valence-corrected chi connectivity index (χ4v) is 3.58. The lowest BCUT2D eigenvalue weighted by Gasteiger charge is -2.19. The topological polar surface area (TPSA) is 78.6 Å². The second kappa shape index (κ2) is 10.3. The van der Waals surface area contributed by atoms with E-state index >= 15 is 0 Å². The second-order valence-electron chi connectivity index (χ2n) is 9.46. The van der Waals surface area contributed by atoms with Crippen LogP contribution in [0.2, 0.25) is 5.02 Å². The van der Waals surface area contributed by atoms with E-state index in [1.807, 2.05) is 6.07 Å². The van der Waals surface area contributed by atoms with Gasteiger partial charge in [0.2, 0.25) is 0 Å². The van der Waals surface area contributed by atoms with Crippen molar-refractivity contribution >= 4 is 40.4 Å². The molecule has 166 valence electrons. The van der Waals surface area contributed by atoms with E-state index in [4.69, 9.17) is 26.8 Å². The SMILES string of the molecule is CC(=O)c1sc(-c2cccc(N)c2)c(Cl)c1OCC(=O)OC(C)(C)C.CC(C)(C)C. The number of nitrogens with two attached hydrogens (primary N) is 1. The maximum absolute atomic E-state index is 11.9. The number of carbonyl (C=O) groups excluding carboxylic acids is 2. The van der Waals surface area contributed by atoms with Crippen molar-refractivity contribution in [2.45, 2.75) is 61.0 Å². The summed E-state index contributed by atoms with van der Waals surface area (Å²) in [6, 6.07) is 7.17. The molecule has 0 radical (unpaired) electrons. The molecule has 0 spiro atoms. The number of benzene rings is 1. The maximum Gasteiger partial charge on any atom is 0.344 e. The Labute approximate surface area is 188 Å². The predicted octanol–water partition coefficient (Wildman–Crippen LogP) is 6.63. The Kier molecular flexibility index (Phi) is 8.93. The minimum absolute atomic E-state index is 0.193. The summed E-state index contributed by atoms with van der Waals surface area (Å²) in [5.74, 6) is -0.529. The average molecular weight is 454 g/mol. The van der Waals surface area contributed by atoms with Crippen LogP contribution >= 0.6 is 22.9 Å². The lowest BCUT2D eigenvalue weighted by atomic mass is 10.0. The molecule has 0 aliphatic carbocycles. The Morgan fingerprint density at radius 3 is 2.13 bits per heavy atom. The Morgan fingerprint density at radius 1 is 1.10 bits per heavy atom. The van der Waals surface area contributed by atoms with Gasteiger partial charge in [0.15, 0.2) is 18.1 Å². The molecule has 0 amide bonds. The highest BCUT2D eigenvalue weighted by Crippen LogP contribution is 2.45. The van der Waals surface area contributed by atoms with E-state index in [1.165, 1.54) is 18.3 Å². The third-order valence-corrected chi connectivity index (χ3v) is 4.83. The summed E-state index contributed by atoms with van der Waals surface area (Å²) >= 11 is 7.62. The zero-order valence-electron chi connectivity index (χ0n) is 19.0. The van der Waals surface area contributed by atoms with Crippen molar-refractivity contribution in [3.05, 3.63) is 34.2 Å². The van der Waals surface area contributed by atoms with Crippen molar-refractivity contribution in [2.24, 2.45) is 5.41 Å². The summed E-state index contributed by atoms with van der Waals surface area (Å²) in [6.45, 7) is 15.1. The Bertz CT molecular complexity index is 886. The molecule has 1 aromatic heterocycles. The van der Waals surface area contributed by atoms with Crippen molar-refractivity contribution in [1.29, 1.82) is 0 Å². The Hall–Kier alpha value is -2.05. The molecule has 7 heteroatoms. The van der Waals surface area contributed by atoms with Gasteiger partial charge in [0.05, 0.1) is 4.88 Å². The Balaban J connectivity index is 0.000000804. The molecule has 2 rings (SSSR count). The van der Waals surface area contributed by atoms with Gasteiger partial charge in [-0.1, -0.05) is 51.4 Å². The lowest BCUT2D eigenvalue weighted by molar-refractivity contribution is -0.157. The summed E-state index contributed by atoms with van der Waals surface area (Å²) in [6.07, 6.45) is 0. The van der Waals surface area contributed by atoms with Crippen LogP contribution in [0.3, 0.4) is 0 Å². The lowest BCUT2D eigenvalue weighted by Crippen LogP contribution is -2.27. The molecular formula is C23H32ClNO4S. The molecule has 1 heterocycles. The number of rotatable bonds is 5. The fourth-order valence-electron chi connectivity index (χ4n) is 2.12. The quantitative estimate of drug-likeness (QED) is 0.312. The molecule has 0 bridgehead atoms. The molecular weight excluding hydrogens is 422 g/mol. The van der Waals surface area contributed by atoms with Gasteiger partial charge in [-0.2, -0.15) is 0 Å². The van der Waals surface area contributed by atoms with E-state index in [-0.39, 0.29) is 23.2 Å². The standard InChI is InChI=1S/C18H20ClNO4S.C5H12/c1-10(21)16-15(23-9-13(22)24-18(2,3)4)14(19)17(25-16)11-6-5-7-12(20)8-11;1-5(2,3)4/h5-8H,9,20H2,1-4H3;1-4H3. The molecule has 0 atom stereocenters. The highest BCUT2D eigenvalue weighted by Gasteiger charge is 2.24. The molecule has 5 nitrogen and oxygen atoms in total. The van der Waals surface area contributed by atoms with Gasteiger partial charge >= 0.3 is 5.97 Å². The minimum Gasteiger partial charge on any atom is -0.479 e. The number of ether oxygens (including phenoxy) is 2. The highest BCUT2D eigenvalue weighted by molar-refractivity contribution is 7.18. The number of ketones is 1. The van der Waals surface area contributed by atoms with E-state index in [0.717, 1.165) is 5.56 Å². The summed E-state index contributed by atoms with van der Waals surface area (Å²) < 4.78 is 10.7. The molecule has 2 N–H and O–H groups in total. The van der Waals surface area contributed by atoms with Crippen LogP contribution in [-0.2, 0) is 9.53 Å². The van der Waals surface area contributed by atoms with Crippen LogP contribution < -0.4 is 10.5 Å². The molecule has 1 aromatic carbocycles. The average Bonchev–Trinajstić information content (AvgIpc) is 2.87. The van der Waals surface area contributed by atoms with E-state index in [1.54, 1.807) is 39.0 Å². The van der Waals surface area contributed by atoms with Crippen molar-refractivity contribution in [2.75, 3.05) is 12.3 Å². The summed E-state index contributed by atoms with van der Waals surface area (Å²) in [5.41, 5.74) is 7.06. The number of esters is 1. The Morgan fingerprint density at radius 2 is 1.67 bits per heavy atom. The van der Waals surface area contributed by atoms with Gasteiger partial charge in [-0.25, -0.2) is 4.79 Å². The van der Waals surface area contributed by atoms with Crippen LogP contribution in [0.25, 0.3) is 10.4 Å². The summed E-state index contributed by atoms with van der Waals surface area (Å²) in [7, 11) is 0. The number of Topliss-reactive ketones (excluding diaryl/α,β-unsaturated/α-hetero) is 1. The summed E-state index contributed by atoms with van der Waals surface area (Å²) in [5, 5.41) is 0.282. The van der Waals surface area contributed by atoms with Crippen molar-refractivity contribution in [1.82, 2.24) is 0 Å². The van der Waals surface area contributed by atoms with Crippen LogP contribution in [0.1, 0.15) is 65.1 Å². The predicted molar refractivity (Wildman–Crippen MR) is 126 cm³/mol. The van der Waals surface area contributed by atoms with Crippen LogP contribution in [-0.4, -0.2) is 24.0 Å². The van der Waals surface area contributed by atoms with Gasteiger partial charge in [-0.05, 0) is 43.9 Å². The van der Waals surface area contributed by atoms with Gasteiger partial charge in [-0.15, -0.1) is 11.3 Å². The fraction of sp³-hybridized carbons (Fsp3) is 0.478. The first kappa shape index (κ1) is 26.0. The van der Waals surface area contributed by atoms with Crippen molar-refractivity contribution in [3.8, 4) is 16.2 Å². The van der Waals surface area contributed by atoms with E-state index in [2.05, 4.69) is 27.7 Å². The third kappa shape index (κ3) is 9.18. The number of thiophene rings is 1. The number of halogens is 1. The zero-order valence-corrected chi connectivity index (χ0v) is 20.6.